The summed E-state index contributed by atoms with van der Waals surface area (Å²) < 4.78 is 0. The fraction of sp³-hybridized carbons (Fsp3) is 0.211. The van der Waals surface area contributed by atoms with Crippen LogP contribution in [-0.4, -0.2) is 29.7 Å². The van der Waals surface area contributed by atoms with Gasteiger partial charge in [0.15, 0.2) is 0 Å². The molecular formula is C19H20ClN3O3. The summed E-state index contributed by atoms with van der Waals surface area (Å²) in [7, 11) is 1.66. The highest BCUT2D eigenvalue weighted by Crippen LogP contribution is 2.22. The molecule has 2 N–H and O–H groups in total. The predicted octanol–water partition coefficient (Wildman–Crippen LogP) is 3.53. The maximum atomic E-state index is 12.8. The average molecular weight is 374 g/mol. The summed E-state index contributed by atoms with van der Waals surface area (Å²) >= 11 is 6.15. The first kappa shape index (κ1) is 19.5. The van der Waals surface area contributed by atoms with E-state index >= 15 is 0 Å². The summed E-state index contributed by atoms with van der Waals surface area (Å²) in [6, 6.07) is 12.0. The van der Waals surface area contributed by atoms with Gasteiger partial charge in [0.25, 0.3) is 5.91 Å². The van der Waals surface area contributed by atoms with Crippen LogP contribution in [0.4, 0.5) is 11.4 Å². The number of amides is 3. The zero-order chi connectivity index (χ0) is 19.3. The summed E-state index contributed by atoms with van der Waals surface area (Å²) in [5.74, 6) is -0.802. The van der Waals surface area contributed by atoms with Gasteiger partial charge in [0.1, 0.15) is 0 Å². The van der Waals surface area contributed by atoms with Gasteiger partial charge in [0.05, 0.1) is 0 Å². The molecular weight excluding hydrogens is 354 g/mol. The molecule has 0 fully saturated rings. The van der Waals surface area contributed by atoms with Crippen molar-refractivity contribution in [3.05, 3.63) is 58.6 Å². The molecule has 0 radical (unpaired) electrons. The van der Waals surface area contributed by atoms with Crippen LogP contribution in [0.3, 0.4) is 0 Å². The molecule has 2 aromatic rings. The van der Waals surface area contributed by atoms with Crippen LogP contribution in [0.5, 0.6) is 0 Å². The van der Waals surface area contributed by atoms with Gasteiger partial charge in [-0.3, -0.25) is 14.4 Å². The fourth-order valence-electron chi connectivity index (χ4n) is 2.48. The van der Waals surface area contributed by atoms with Gasteiger partial charge in [-0.15, -0.1) is 0 Å². The highest BCUT2D eigenvalue weighted by atomic mass is 35.5. The van der Waals surface area contributed by atoms with E-state index in [0.717, 1.165) is 5.56 Å². The largest absolute Gasteiger partial charge is 0.337 e. The Kier molecular flexibility index (Phi) is 6.36. The molecule has 0 atom stereocenters. The van der Waals surface area contributed by atoms with E-state index in [1.54, 1.807) is 31.3 Å². The average Bonchev–Trinajstić information content (AvgIpc) is 2.54. The first-order chi connectivity index (χ1) is 12.3. The van der Waals surface area contributed by atoms with Crippen LogP contribution >= 0.6 is 11.6 Å². The summed E-state index contributed by atoms with van der Waals surface area (Å²) in [5.41, 5.74) is 2.02. The molecule has 2 aromatic carbocycles. The Morgan fingerprint density at radius 2 is 1.50 bits per heavy atom. The molecule has 0 bridgehead atoms. The highest BCUT2D eigenvalue weighted by Gasteiger charge is 2.16. The van der Waals surface area contributed by atoms with Crippen LogP contribution in [0.2, 0.25) is 5.02 Å². The highest BCUT2D eigenvalue weighted by molar-refractivity contribution is 6.31. The van der Waals surface area contributed by atoms with Crippen LogP contribution in [-0.2, 0) is 16.1 Å². The Morgan fingerprint density at radius 3 is 2.00 bits per heavy atom. The molecule has 0 aliphatic rings. The molecule has 0 saturated heterocycles. The lowest BCUT2D eigenvalue weighted by atomic mass is 10.1. The second kappa shape index (κ2) is 8.49. The normalized spacial score (nSPS) is 10.2. The third kappa shape index (κ3) is 5.32. The van der Waals surface area contributed by atoms with Crippen molar-refractivity contribution >= 4 is 40.7 Å². The molecule has 7 heteroatoms. The Bertz CT molecular complexity index is 817. The first-order valence-corrected chi connectivity index (χ1v) is 8.33. The van der Waals surface area contributed by atoms with Gasteiger partial charge in [-0.05, 0) is 29.8 Å². The van der Waals surface area contributed by atoms with E-state index in [1.165, 1.54) is 18.7 Å². The van der Waals surface area contributed by atoms with Gasteiger partial charge >= 0.3 is 0 Å². The van der Waals surface area contributed by atoms with Crippen LogP contribution in [0.15, 0.2) is 42.5 Å². The number of hydrogen-bond acceptors (Lipinski definition) is 3. The Hall–Kier alpha value is -2.86. The van der Waals surface area contributed by atoms with E-state index < -0.39 is 0 Å². The minimum Gasteiger partial charge on any atom is -0.337 e. The van der Waals surface area contributed by atoms with Crippen molar-refractivity contribution in [1.29, 1.82) is 0 Å². The van der Waals surface area contributed by atoms with Crippen molar-refractivity contribution in [3.8, 4) is 0 Å². The Morgan fingerprint density at radius 1 is 0.962 bits per heavy atom. The number of halogens is 1. The third-order valence-corrected chi connectivity index (χ3v) is 3.90. The molecule has 2 rings (SSSR count). The van der Waals surface area contributed by atoms with Crippen LogP contribution in [0.25, 0.3) is 0 Å². The number of rotatable bonds is 5. The Labute approximate surface area is 157 Å². The van der Waals surface area contributed by atoms with Crippen molar-refractivity contribution in [2.75, 3.05) is 17.7 Å². The molecule has 0 aliphatic carbocycles. The second-order valence-electron chi connectivity index (χ2n) is 5.91. The summed E-state index contributed by atoms with van der Waals surface area (Å²) in [6.07, 6.45) is 0. The number of anilines is 2. The molecule has 0 saturated carbocycles. The molecule has 136 valence electrons. The summed E-state index contributed by atoms with van der Waals surface area (Å²) in [6.45, 7) is 3.07. The Balaban J connectivity index is 2.29. The zero-order valence-corrected chi connectivity index (χ0v) is 15.6. The van der Waals surface area contributed by atoms with Crippen molar-refractivity contribution in [2.45, 2.75) is 20.4 Å². The van der Waals surface area contributed by atoms with E-state index in [-0.39, 0.29) is 17.7 Å². The molecule has 26 heavy (non-hydrogen) atoms. The lowest BCUT2D eigenvalue weighted by Crippen LogP contribution is -2.26. The van der Waals surface area contributed by atoms with Crippen molar-refractivity contribution in [1.82, 2.24) is 4.90 Å². The summed E-state index contributed by atoms with van der Waals surface area (Å²) in [4.78, 5) is 37.0. The van der Waals surface area contributed by atoms with E-state index in [0.29, 0.717) is 28.5 Å². The van der Waals surface area contributed by atoms with E-state index in [1.807, 2.05) is 18.2 Å². The second-order valence-corrected chi connectivity index (χ2v) is 6.32. The topological polar surface area (TPSA) is 78.5 Å². The zero-order valence-electron chi connectivity index (χ0n) is 14.8. The standard InChI is InChI=1S/C19H20ClN3O3/c1-12(24)21-16-8-15(9-17(10-16)22-13(2)25)19(26)23(3)11-14-6-4-5-7-18(14)20/h4-10H,11H2,1-3H3,(H,21,24)(H,22,25). The minimum atomic E-state index is -0.271. The lowest BCUT2D eigenvalue weighted by molar-refractivity contribution is -0.115. The fourth-order valence-corrected chi connectivity index (χ4v) is 2.67. The van der Waals surface area contributed by atoms with Crippen molar-refractivity contribution in [3.63, 3.8) is 0 Å². The first-order valence-electron chi connectivity index (χ1n) is 7.95. The number of nitrogens with one attached hydrogen (secondary N) is 2. The monoisotopic (exact) mass is 373 g/mol. The molecule has 3 amide bonds. The van der Waals surface area contributed by atoms with Gasteiger partial charge < -0.3 is 15.5 Å². The van der Waals surface area contributed by atoms with Crippen molar-refractivity contribution < 1.29 is 14.4 Å². The minimum absolute atomic E-state index is 0.260. The molecule has 0 aromatic heterocycles. The molecule has 6 nitrogen and oxygen atoms in total. The predicted molar refractivity (Wildman–Crippen MR) is 102 cm³/mol. The molecule has 0 unspecified atom stereocenters. The number of benzene rings is 2. The van der Waals surface area contributed by atoms with Gasteiger partial charge in [-0.25, -0.2) is 0 Å². The van der Waals surface area contributed by atoms with Gasteiger partial charge in [-0.1, -0.05) is 29.8 Å². The van der Waals surface area contributed by atoms with Crippen LogP contribution in [0, 0.1) is 0 Å². The SMILES string of the molecule is CC(=O)Nc1cc(NC(C)=O)cc(C(=O)N(C)Cc2ccccc2Cl)c1. The van der Waals surface area contributed by atoms with E-state index in [9.17, 15) is 14.4 Å². The maximum absolute atomic E-state index is 12.8. The summed E-state index contributed by atoms with van der Waals surface area (Å²) in [5, 5.41) is 5.84. The van der Waals surface area contributed by atoms with Gasteiger partial charge in [0, 0.05) is 49.4 Å². The van der Waals surface area contributed by atoms with Crippen molar-refractivity contribution in [2.24, 2.45) is 0 Å². The molecule has 0 aliphatic heterocycles. The van der Waals surface area contributed by atoms with Gasteiger partial charge in [0.2, 0.25) is 11.8 Å². The number of hydrogen-bond donors (Lipinski definition) is 2. The van der Waals surface area contributed by atoms with E-state index in [2.05, 4.69) is 10.6 Å². The quantitative estimate of drug-likeness (QED) is 0.841. The molecule has 0 spiro atoms. The maximum Gasteiger partial charge on any atom is 0.254 e. The number of nitrogens with zero attached hydrogens (tertiary/aromatic N) is 1. The van der Waals surface area contributed by atoms with Crippen LogP contribution in [0.1, 0.15) is 29.8 Å². The smallest absolute Gasteiger partial charge is 0.254 e. The number of carbonyl (C=O) groups is 3. The third-order valence-electron chi connectivity index (χ3n) is 3.53. The lowest BCUT2D eigenvalue weighted by Gasteiger charge is -2.19. The van der Waals surface area contributed by atoms with Crippen LogP contribution < -0.4 is 10.6 Å². The molecule has 0 heterocycles. The number of carbonyl (C=O) groups excluding carboxylic acids is 3. The van der Waals surface area contributed by atoms with E-state index in [4.69, 9.17) is 11.6 Å². The van der Waals surface area contributed by atoms with Gasteiger partial charge in [-0.2, -0.15) is 0 Å².